The summed E-state index contributed by atoms with van der Waals surface area (Å²) in [5.74, 6) is -2.02. The number of non-ortho nitro benzene ring substituents is 1. The van der Waals surface area contributed by atoms with Gasteiger partial charge in [0, 0.05) is 17.7 Å². The highest BCUT2D eigenvalue weighted by molar-refractivity contribution is 6.05. The van der Waals surface area contributed by atoms with E-state index < -0.39 is 22.6 Å². The van der Waals surface area contributed by atoms with Crippen molar-refractivity contribution in [1.29, 1.82) is 0 Å². The molecule has 7 nitrogen and oxygen atoms in total. The van der Waals surface area contributed by atoms with Crippen LogP contribution in [0.2, 0.25) is 0 Å². The molecule has 0 heterocycles. The van der Waals surface area contributed by atoms with Crippen molar-refractivity contribution in [2.45, 2.75) is 0 Å². The van der Waals surface area contributed by atoms with Gasteiger partial charge in [0.15, 0.2) is 0 Å². The highest BCUT2D eigenvalue weighted by Gasteiger charge is 2.14. The summed E-state index contributed by atoms with van der Waals surface area (Å²) in [5, 5.41) is 12.9. The zero-order valence-corrected chi connectivity index (χ0v) is 11.9. The van der Waals surface area contributed by atoms with Gasteiger partial charge in [-0.2, -0.15) is 0 Å². The number of carbonyl (C=O) groups excluding carboxylic acids is 2. The number of esters is 1. The number of nitro benzene ring substituents is 1. The number of ether oxygens (including phenoxy) is 1. The number of nitro groups is 1. The Kier molecular flexibility index (Phi) is 4.65. The number of nitrogens with zero attached hydrogens (tertiary/aromatic N) is 1. The average molecular weight is 318 g/mol. The van der Waals surface area contributed by atoms with Crippen molar-refractivity contribution in [3.8, 4) is 0 Å². The van der Waals surface area contributed by atoms with Gasteiger partial charge in [-0.25, -0.2) is 9.18 Å². The first-order valence-corrected chi connectivity index (χ1v) is 6.36. The van der Waals surface area contributed by atoms with Crippen LogP contribution in [-0.4, -0.2) is 23.9 Å². The van der Waals surface area contributed by atoms with Crippen LogP contribution < -0.4 is 5.32 Å². The summed E-state index contributed by atoms with van der Waals surface area (Å²) in [6.07, 6.45) is 0. The van der Waals surface area contributed by atoms with E-state index in [1.807, 2.05) is 0 Å². The predicted octanol–water partition coefficient (Wildman–Crippen LogP) is 2.77. The number of nitrogens with one attached hydrogen (secondary N) is 1. The minimum absolute atomic E-state index is 0.156. The lowest BCUT2D eigenvalue weighted by atomic mass is 10.1. The third kappa shape index (κ3) is 3.67. The van der Waals surface area contributed by atoms with Crippen molar-refractivity contribution in [2.24, 2.45) is 0 Å². The Hall–Kier alpha value is -3.29. The molecule has 0 bridgehead atoms. The molecule has 118 valence electrons. The number of rotatable bonds is 4. The Balaban J connectivity index is 2.20. The molecule has 0 saturated carbocycles. The maximum atomic E-state index is 13.6. The van der Waals surface area contributed by atoms with Crippen molar-refractivity contribution in [1.82, 2.24) is 0 Å². The van der Waals surface area contributed by atoms with Crippen LogP contribution in [0, 0.1) is 15.9 Å². The second kappa shape index (κ2) is 6.65. The molecule has 0 atom stereocenters. The Bertz CT molecular complexity index is 774. The molecule has 0 unspecified atom stereocenters. The van der Waals surface area contributed by atoms with Crippen LogP contribution in [0.15, 0.2) is 42.5 Å². The fourth-order valence-corrected chi connectivity index (χ4v) is 1.79. The van der Waals surface area contributed by atoms with Gasteiger partial charge in [-0.1, -0.05) is 0 Å². The summed E-state index contributed by atoms with van der Waals surface area (Å²) >= 11 is 0. The molecule has 2 aromatic carbocycles. The molecule has 0 aromatic heterocycles. The van der Waals surface area contributed by atoms with E-state index >= 15 is 0 Å². The fourth-order valence-electron chi connectivity index (χ4n) is 1.79. The molecule has 2 rings (SSSR count). The zero-order chi connectivity index (χ0) is 17.0. The maximum Gasteiger partial charge on any atom is 0.337 e. The molecule has 0 saturated heterocycles. The Morgan fingerprint density at radius 1 is 1.13 bits per heavy atom. The van der Waals surface area contributed by atoms with Gasteiger partial charge in [-0.3, -0.25) is 14.9 Å². The summed E-state index contributed by atoms with van der Waals surface area (Å²) < 4.78 is 18.2. The molecule has 2 aromatic rings. The van der Waals surface area contributed by atoms with Crippen LogP contribution in [0.1, 0.15) is 20.7 Å². The van der Waals surface area contributed by atoms with Crippen LogP contribution in [-0.2, 0) is 4.74 Å². The van der Waals surface area contributed by atoms with E-state index in [2.05, 4.69) is 10.1 Å². The monoisotopic (exact) mass is 318 g/mol. The lowest BCUT2D eigenvalue weighted by Crippen LogP contribution is -2.13. The first-order valence-electron chi connectivity index (χ1n) is 6.36. The summed E-state index contributed by atoms with van der Waals surface area (Å²) in [5.41, 5.74) is -0.238. The van der Waals surface area contributed by atoms with E-state index in [0.717, 1.165) is 18.2 Å². The van der Waals surface area contributed by atoms with E-state index in [0.29, 0.717) is 0 Å². The normalized spacial score (nSPS) is 10.0. The number of halogens is 1. The Labute approximate surface area is 129 Å². The van der Waals surface area contributed by atoms with Gasteiger partial charge >= 0.3 is 5.97 Å². The summed E-state index contributed by atoms with van der Waals surface area (Å²) in [6, 6.07) is 8.29. The van der Waals surface area contributed by atoms with Gasteiger partial charge in [0.1, 0.15) is 5.82 Å². The largest absolute Gasteiger partial charge is 0.465 e. The van der Waals surface area contributed by atoms with E-state index in [1.54, 1.807) is 0 Å². The maximum absolute atomic E-state index is 13.6. The molecule has 8 heteroatoms. The Morgan fingerprint density at radius 3 is 2.30 bits per heavy atom. The number of carbonyl (C=O) groups is 2. The van der Waals surface area contributed by atoms with Crippen molar-refractivity contribution in [3.05, 3.63) is 69.5 Å². The van der Waals surface area contributed by atoms with Gasteiger partial charge in [0.25, 0.3) is 11.6 Å². The second-order valence-electron chi connectivity index (χ2n) is 4.44. The number of hydrogen-bond acceptors (Lipinski definition) is 5. The molecular weight excluding hydrogens is 307 g/mol. The smallest absolute Gasteiger partial charge is 0.337 e. The van der Waals surface area contributed by atoms with Gasteiger partial charge in [0.2, 0.25) is 0 Å². The molecule has 0 spiro atoms. The number of amides is 1. The molecule has 0 aliphatic heterocycles. The van der Waals surface area contributed by atoms with Crippen LogP contribution in [0.5, 0.6) is 0 Å². The van der Waals surface area contributed by atoms with Crippen molar-refractivity contribution < 1.29 is 23.6 Å². The SMILES string of the molecule is COC(=O)c1ccc(C(=O)Nc2cc([N+](=O)[O-])ccc2F)cc1. The molecule has 0 fully saturated rings. The lowest BCUT2D eigenvalue weighted by molar-refractivity contribution is -0.384. The predicted molar refractivity (Wildman–Crippen MR) is 78.8 cm³/mol. The highest BCUT2D eigenvalue weighted by Crippen LogP contribution is 2.22. The quantitative estimate of drug-likeness (QED) is 0.531. The molecule has 0 aliphatic rings. The molecule has 0 radical (unpaired) electrons. The van der Waals surface area contributed by atoms with Crippen LogP contribution in [0.25, 0.3) is 0 Å². The van der Waals surface area contributed by atoms with Gasteiger partial charge in [0.05, 0.1) is 23.3 Å². The van der Waals surface area contributed by atoms with Crippen molar-refractivity contribution in [2.75, 3.05) is 12.4 Å². The van der Waals surface area contributed by atoms with Crippen molar-refractivity contribution >= 4 is 23.3 Å². The number of hydrogen-bond donors (Lipinski definition) is 1. The third-order valence-corrected chi connectivity index (χ3v) is 2.98. The number of benzene rings is 2. The Morgan fingerprint density at radius 2 is 1.74 bits per heavy atom. The molecule has 1 amide bonds. The molecular formula is C15H11FN2O5. The van der Waals surface area contributed by atoms with Crippen LogP contribution in [0.3, 0.4) is 0 Å². The lowest BCUT2D eigenvalue weighted by Gasteiger charge is -2.07. The van der Waals surface area contributed by atoms with Crippen LogP contribution in [0.4, 0.5) is 15.8 Å². The fraction of sp³-hybridized carbons (Fsp3) is 0.0667. The van der Waals surface area contributed by atoms with Gasteiger partial charge < -0.3 is 10.1 Å². The first kappa shape index (κ1) is 16.1. The summed E-state index contributed by atoms with van der Waals surface area (Å²) in [6.45, 7) is 0. The standard InChI is InChI=1S/C15H11FN2O5/c1-23-15(20)10-4-2-9(3-5-10)14(19)17-13-8-11(18(21)22)6-7-12(13)16/h2-8H,1H3,(H,17,19). The van der Waals surface area contributed by atoms with E-state index in [9.17, 15) is 24.1 Å². The zero-order valence-electron chi connectivity index (χ0n) is 11.9. The number of methoxy groups -OCH3 is 1. The van der Waals surface area contributed by atoms with Crippen molar-refractivity contribution in [3.63, 3.8) is 0 Å². The van der Waals surface area contributed by atoms with E-state index in [-0.39, 0.29) is 22.5 Å². The van der Waals surface area contributed by atoms with E-state index in [1.165, 1.54) is 31.4 Å². The highest BCUT2D eigenvalue weighted by atomic mass is 19.1. The van der Waals surface area contributed by atoms with Gasteiger partial charge in [-0.05, 0) is 30.3 Å². The first-order chi connectivity index (χ1) is 10.9. The minimum atomic E-state index is -0.796. The summed E-state index contributed by atoms with van der Waals surface area (Å²) in [4.78, 5) is 33.3. The third-order valence-electron chi connectivity index (χ3n) is 2.98. The molecule has 0 aliphatic carbocycles. The second-order valence-corrected chi connectivity index (χ2v) is 4.44. The molecule has 23 heavy (non-hydrogen) atoms. The number of anilines is 1. The molecule has 1 N–H and O–H groups in total. The average Bonchev–Trinajstić information content (AvgIpc) is 2.56. The van der Waals surface area contributed by atoms with Gasteiger partial charge in [-0.15, -0.1) is 0 Å². The minimum Gasteiger partial charge on any atom is -0.465 e. The summed E-state index contributed by atoms with van der Waals surface area (Å²) in [7, 11) is 1.23. The van der Waals surface area contributed by atoms with Crippen LogP contribution >= 0.6 is 0 Å². The van der Waals surface area contributed by atoms with E-state index in [4.69, 9.17) is 0 Å². The topological polar surface area (TPSA) is 98.5 Å².